The number of rotatable bonds is 10. The van der Waals surface area contributed by atoms with Gasteiger partial charge in [-0.25, -0.2) is 4.98 Å². The van der Waals surface area contributed by atoms with Gasteiger partial charge in [-0.1, -0.05) is 18.2 Å². The van der Waals surface area contributed by atoms with E-state index in [2.05, 4.69) is 21.4 Å². The number of aryl methyl sites for hydroxylation is 1. The topological polar surface area (TPSA) is 73.3 Å². The van der Waals surface area contributed by atoms with Crippen LogP contribution in [0.4, 0.5) is 0 Å². The number of para-hydroxylation sites is 1. The van der Waals surface area contributed by atoms with Gasteiger partial charge in [0.05, 0.1) is 21.8 Å². The Kier molecular flexibility index (Phi) is 7.30. The molecule has 1 N–H and O–H groups in total. The molecule has 4 aromatic rings. The molecule has 0 unspecified atom stereocenters. The second-order valence-corrected chi connectivity index (χ2v) is 8.29. The first-order valence-electron chi connectivity index (χ1n) is 10.6. The van der Waals surface area contributed by atoms with Gasteiger partial charge in [0.2, 0.25) is 0 Å². The third kappa shape index (κ3) is 5.62. The first-order chi connectivity index (χ1) is 15.7. The van der Waals surface area contributed by atoms with Crippen LogP contribution in [0, 0.1) is 0 Å². The Hall–Kier alpha value is -3.45. The lowest BCUT2D eigenvalue weighted by atomic mass is 10.2. The average Bonchev–Trinajstić information content (AvgIpc) is 3.24. The van der Waals surface area contributed by atoms with E-state index in [1.54, 1.807) is 41.9 Å². The lowest BCUT2D eigenvalue weighted by molar-refractivity contribution is 0.0952. The quantitative estimate of drug-likeness (QED) is 0.345. The number of fused-ring (bicyclic) bond motifs is 1. The van der Waals surface area contributed by atoms with Crippen LogP contribution in [0.3, 0.4) is 0 Å². The van der Waals surface area contributed by atoms with E-state index in [0.717, 1.165) is 28.9 Å². The highest BCUT2D eigenvalue weighted by atomic mass is 32.1. The van der Waals surface area contributed by atoms with E-state index in [0.29, 0.717) is 36.8 Å². The van der Waals surface area contributed by atoms with Gasteiger partial charge in [0.25, 0.3) is 5.91 Å². The van der Waals surface area contributed by atoms with Crippen molar-refractivity contribution in [1.29, 1.82) is 0 Å². The molecule has 0 fully saturated rings. The summed E-state index contributed by atoms with van der Waals surface area (Å²) in [6.45, 7) is 3.35. The molecule has 0 aliphatic carbocycles. The van der Waals surface area contributed by atoms with Gasteiger partial charge in [0.1, 0.15) is 6.61 Å². The molecular weight excluding hydrogens is 422 g/mol. The van der Waals surface area contributed by atoms with Crippen LogP contribution in [0.1, 0.15) is 34.3 Å². The fourth-order valence-electron chi connectivity index (χ4n) is 3.25. The van der Waals surface area contributed by atoms with E-state index in [1.165, 1.54) is 4.70 Å². The number of amides is 1. The van der Waals surface area contributed by atoms with Crippen LogP contribution in [0.15, 0.2) is 67.0 Å². The summed E-state index contributed by atoms with van der Waals surface area (Å²) in [5.41, 5.74) is 2.54. The van der Waals surface area contributed by atoms with Crippen molar-refractivity contribution in [3.8, 4) is 11.5 Å². The lowest BCUT2D eigenvalue weighted by Crippen LogP contribution is -2.24. The summed E-state index contributed by atoms with van der Waals surface area (Å²) < 4.78 is 12.8. The highest BCUT2D eigenvalue weighted by Crippen LogP contribution is 2.29. The van der Waals surface area contributed by atoms with Gasteiger partial charge in [-0.2, -0.15) is 0 Å². The summed E-state index contributed by atoms with van der Waals surface area (Å²) in [5, 5.41) is 4.07. The summed E-state index contributed by atoms with van der Waals surface area (Å²) in [7, 11) is 0. The SMILES string of the molecule is CCOc1cc(C(=O)NCCCc2nc3ccccc3s2)ccc1OCc1cccnc1. The Morgan fingerprint density at radius 1 is 1.06 bits per heavy atom. The van der Waals surface area contributed by atoms with Gasteiger partial charge in [-0.3, -0.25) is 9.78 Å². The van der Waals surface area contributed by atoms with Crippen molar-refractivity contribution in [2.24, 2.45) is 0 Å². The van der Waals surface area contributed by atoms with Crippen molar-refractivity contribution >= 4 is 27.5 Å². The molecule has 0 bridgehead atoms. The zero-order valence-electron chi connectivity index (χ0n) is 17.9. The Morgan fingerprint density at radius 2 is 1.97 bits per heavy atom. The predicted molar refractivity (Wildman–Crippen MR) is 126 cm³/mol. The first-order valence-corrected chi connectivity index (χ1v) is 11.5. The molecule has 2 aromatic carbocycles. The number of aromatic nitrogens is 2. The Morgan fingerprint density at radius 3 is 2.78 bits per heavy atom. The molecule has 0 atom stereocenters. The van der Waals surface area contributed by atoms with Crippen LogP contribution in [-0.2, 0) is 13.0 Å². The van der Waals surface area contributed by atoms with Crippen LogP contribution < -0.4 is 14.8 Å². The van der Waals surface area contributed by atoms with E-state index in [1.807, 2.05) is 37.3 Å². The van der Waals surface area contributed by atoms with E-state index in [4.69, 9.17) is 9.47 Å². The van der Waals surface area contributed by atoms with Gasteiger partial charge in [-0.15, -0.1) is 11.3 Å². The molecule has 1 amide bonds. The standard InChI is InChI=1S/C25H25N3O3S/c1-2-30-22-15-19(11-12-21(22)31-17-18-7-5-13-26-16-18)25(29)27-14-6-10-24-28-20-8-3-4-9-23(20)32-24/h3-5,7-9,11-13,15-16H,2,6,10,14,17H2,1H3,(H,27,29). The second kappa shape index (κ2) is 10.7. The van der Waals surface area contributed by atoms with Gasteiger partial charge >= 0.3 is 0 Å². The molecule has 0 aliphatic rings. The molecule has 164 valence electrons. The van der Waals surface area contributed by atoms with Gasteiger partial charge in [-0.05, 0) is 49.7 Å². The van der Waals surface area contributed by atoms with Crippen LogP contribution in [0.25, 0.3) is 10.2 Å². The summed E-state index contributed by atoms with van der Waals surface area (Å²) >= 11 is 1.71. The molecule has 2 heterocycles. The molecule has 32 heavy (non-hydrogen) atoms. The predicted octanol–water partition coefficient (Wildman–Crippen LogP) is 5.03. The van der Waals surface area contributed by atoms with Crippen LogP contribution in [0.5, 0.6) is 11.5 Å². The molecule has 4 rings (SSSR count). The maximum Gasteiger partial charge on any atom is 0.251 e. The zero-order chi connectivity index (χ0) is 22.2. The molecule has 0 saturated carbocycles. The van der Waals surface area contributed by atoms with E-state index < -0.39 is 0 Å². The first kappa shape index (κ1) is 21.8. The third-order valence-electron chi connectivity index (χ3n) is 4.81. The number of nitrogens with one attached hydrogen (secondary N) is 1. The number of nitrogens with zero attached hydrogens (tertiary/aromatic N) is 2. The molecule has 0 radical (unpaired) electrons. The van der Waals surface area contributed by atoms with Crippen molar-refractivity contribution in [3.05, 3.63) is 83.1 Å². The fraction of sp³-hybridized carbons (Fsp3) is 0.240. The highest BCUT2D eigenvalue weighted by molar-refractivity contribution is 7.18. The van der Waals surface area contributed by atoms with E-state index >= 15 is 0 Å². The molecule has 6 nitrogen and oxygen atoms in total. The van der Waals surface area contributed by atoms with Crippen LogP contribution in [-0.4, -0.2) is 29.0 Å². The summed E-state index contributed by atoms with van der Waals surface area (Å²) in [5.74, 6) is 1.02. The van der Waals surface area contributed by atoms with Crippen molar-refractivity contribution in [2.75, 3.05) is 13.2 Å². The maximum absolute atomic E-state index is 12.6. The number of ether oxygens (including phenoxy) is 2. The highest BCUT2D eigenvalue weighted by Gasteiger charge is 2.12. The van der Waals surface area contributed by atoms with Crippen molar-refractivity contribution in [1.82, 2.24) is 15.3 Å². The molecule has 2 aromatic heterocycles. The molecule has 0 saturated heterocycles. The molecular formula is C25H25N3O3S. The summed E-state index contributed by atoms with van der Waals surface area (Å²) in [4.78, 5) is 21.3. The Labute approximate surface area is 191 Å². The Bertz CT molecular complexity index is 1140. The normalized spacial score (nSPS) is 10.8. The number of carbonyl (C=O) groups is 1. The Balaban J connectivity index is 1.31. The zero-order valence-corrected chi connectivity index (χ0v) is 18.7. The summed E-state index contributed by atoms with van der Waals surface area (Å²) in [6, 6.07) is 17.2. The fourth-order valence-corrected chi connectivity index (χ4v) is 4.26. The van der Waals surface area contributed by atoms with Crippen LogP contribution in [0.2, 0.25) is 0 Å². The number of hydrogen-bond acceptors (Lipinski definition) is 6. The second-order valence-electron chi connectivity index (χ2n) is 7.18. The monoisotopic (exact) mass is 447 g/mol. The number of hydrogen-bond donors (Lipinski definition) is 1. The molecule has 0 aliphatic heterocycles. The van der Waals surface area contributed by atoms with E-state index in [-0.39, 0.29) is 5.91 Å². The number of pyridine rings is 1. The minimum absolute atomic E-state index is 0.130. The molecule has 0 spiro atoms. The smallest absolute Gasteiger partial charge is 0.251 e. The average molecular weight is 448 g/mol. The summed E-state index contributed by atoms with van der Waals surface area (Å²) in [6.07, 6.45) is 5.15. The number of benzene rings is 2. The largest absolute Gasteiger partial charge is 0.490 e. The van der Waals surface area contributed by atoms with Gasteiger partial charge in [0, 0.05) is 36.5 Å². The minimum atomic E-state index is -0.130. The number of thiazole rings is 1. The van der Waals surface area contributed by atoms with Crippen molar-refractivity contribution in [2.45, 2.75) is 26.4 Å². The van der Waals surface area contributed by atoms with Crippen molar-refractivity contribution in [3.63, 3.8) is 0 Å². The van der Waals surface area contributed by atoms with E-state index in [9.17, 15) is 4.79 Å². The molecule has 7 heteroatoms. The lowest BCUT2D eigenvalue weighted by Gasteiger charge is -2.13. The third-order valence-corrected chi connectivity index (χ3v) is 5.91. The van der Waals surface area contributed by atoms with Crippen molar-refractivity contribution < 1.29 is 14.3 Å². The van der Waals surface area contributed by atoms with Crippen LogP contribution >= 0.6 is 11.3 Å². The van der Waals surface area contributed by atoms with Gasteiger partial charge in [0.15, 0.2) is 11.5 Å². The van der Waals surface area contributed by atoms with Gasteiger partial charge < -0.3 is 14.8 Å². The minimum Gasteiger partial charge on any atom is -0.490 e. The maximum atomic E-state index is 12.6. The number of carbonyl (C=O) groups excluding carboxylic acids is 1.